The van der Waals surface area contributed by atoms with Gasteiger partial charge >= 0.3 is 0 Å². The Morgan fingerprint density at radius 3 is 2.49 bits per heavy atom. The fourth-order valence-electron chi connectivity index (χ4n) is 4.42. The summed E-state index contributed by atoms with van der Waals surface area (Å²) in [5.41, 5.74) is 5.89. The molecule has 3 aromatic rings. The average Bonchev–Trinajstić information content (AvgIpc) is 3.43. The number of Topliss-reactive ketones (excluding diaryl/α,β-unsaturated/α-hetero) is 1. The second-order valence-corrected chi connectivity index (χ2v) is 9.45. The van der Waals surface area contributed by atoms with Crippen LogP contribution in [0, 0.1) is 13.8 Å². The van der Waals surface area contributed by atoms with Crippen LogP contribution in [-0.2, 0) is 22.4 Å². The van der Waals surface area contributed by atoms with E-state index in [1.807, 2.05) is 38.1 Å². The topological polar surface area (TPSA) is 93.1 Å². The number of aromatic nitrogens is 2. The van der Waals surface area contributed by atoms with Crippen molar-refractivity contribution in [1.29, 1.82) is 0 Å². The van der Waals surface area contributed by atoms with Crippen LogP contribution in [0.25, 0.3) is 0 Å². The summed E-state index contributed by atoms with van der Waals surface area (Å²) in [5.74, 6) is -0.562. The third kappa shape index (κ3) is 5.80. The molecule has 1 aliphatic rings. The lowest BCUT2D eigenvalue weighted by Crippen LogP contribution is -2.25. The van der Waals surface area contributed by atoms with Gasteiger partial charge < -0.3 is 10.6 Å². The normalized spacial score (nSPS) is 13.3. The molecule has 35 heavy (non-hydrogen) atoms. The second kappa shape index (κ2) is 10.4. The molecular weight excluding hydrogens is 464 g/mol. The molecule has 1 unspecified atom stereocenters. The van der Waals surface area contributed by atoms with Crippen molar-refractivity contribution < 1.29 is 14.4 Å². The number of rotatable bonds is 8. The molecule has 0 saturated heterocycles. The van der Waals surface area contributed by atoms with E-state index in [4.69, 9.17) is 11.6 Å². The number of fused-ring (bicyclic) bond motifs is 1. The minimum Gasteiger partial charge on any atom is -0.326 e. The summed E-state index contributed by atoms with van der Waals surface area (Å²) in [6, 6.07) is 12.1. The highest BCUT2D eigenvalue weighted by molar-refractivity contribution is 6.34. The Morgan fingerprint density at radius 2 is 1.77 bits per heavy atom. The molecule has 2 amide bonds. The maximum absolute atomic E-state index is 12.7. The van der Waals surface area contributed by atoms with E-state index in [0.29, 0.717) is 22.0 Å². The van der Waals surface area contributed by atoms with Crippen molar-refractivity contribution >= 4 is 40.6 Å². The number of hydrogen-bond acceptors (Lipinski definition) is 4. The highest BCUT2D eigenvalue weighted by atomic mass is 35.5. The van der Waals surface area contributed by atoms with Gasteiger partial charge in [0.25, 0.3) is 0 Å². The van der Waals surface area contributed by atoms with Crippen LogP contribution in [-0.4, -0.2) is 27.4 Å². The Bertz CT molecular complexity index is 1300. The van der Waals surface area contributed by atoms with Gasteiger partial charge in [-0.25, -0.2) is 0 Å². The Balaban J connectivity index is 1.31. The number of carbonyl (C=O) groups excluding carboxylic acids is 3. The van der Waals surface area contributed by atoms with Gasteiger partial charge in [-0.15, -0.1) is 0 Å². The Hall–Kier alpha value is -3.45. The standard InChI is InChI=1S/C27H29ClN4O3/c1-16-13-17(2)32(31-16)18(3)27(35)30-24-10-9-22(15-23(24)28)29-26(34)12-11-25(33)21-8-7-19-5-4-6-20(19)14-21/h7-10,13-15,18H,4-6,11-12H2,1-3H3,(H,29,34)(H,30,35). The molecule has 1 aromatic heterocycles. The van der Waals surface area contributed by atoms with Gasteiger partial charge in [0.15, 0.2) is 5.78 Å². The van der Waals surface area contributed by atoms with E-state index in [9.17, 15) is 14.4 Å². The summed E-state index contributed by atoms with van der Waals surface area (Å²) >= 11 is 6.35. The summed E-state index contributed by atoms with van der Waals surface area (Å²) in [6.45, 7) is 5.54. The summed E-state index contributed by atoms with van der Waals surface area (Å²) in [7, 11) is 0. The van der Waals surface area contributed by atoms with Crippen LogP contribution in [0.2, 0.25) is 5.02 Å². The molecule has 8 heteroatoms. The number of benzene rings is 2. The highest BCUT2D eigenvalue weighted by Crippen LogP contribution is 2.27. The van der Waals surface area contributed by atoms with Crippen LogP contribution in [0.4, 0.5) is 11.4 Å². The van der Waals surface area contributed by atoms with Crippen molar-refractivity contribution in [3.63, 3.8) is 0 Å². The number of amides is 2. The molecule has 7 nitrogen and oxygen atoms in total. The lowest BCUT2D eigenvalue weighted by Gasteiger charge is -2.16. The summed E-state index contributed by atoms with van der Waals surface area (Å²) in [5, 5.41) is 10.2. The number of nitrogens with zero attached hydrogens (tertiary/aromatic N) is 2. The van der Waals surface area contributed by atoms with Crippen LogP contribution >= 0.6 is 11.6 Å². The quantitative estimate of drug-likeness (QED) is 0.409. The number of halogens is 1. The van der Waals surface area contributed by atoms with Gasteiger partial charge in [-0.3, -0.25) is 19.1 Å². The van der Waals surface area contributed by atoms with Crippen molar-refractivity contribution in [2.45, 2.75) is 58.9 Å². The van der Waals surface area contributed by atoms with Crippen LogP contribution in [0.1, 0.15) is 65.1 Å². The maximum Gasteiger partial charge on any atom is 0.248 e. The Kier molecular flexibility index (Phi) is 7.36. The molecule has 0 aliphatic heterocycles. The maximum atomic E-state index is 12.7. The van der Waals surface area contributed by atoms with E-state index in [1.165, 1.54) is 11.1 Å². The van der Waals surface area contributed by atoms with E-state index in [1.54, 1.807) is 29.8 Å². The third-order valence-corrected chi connectivity index (χ3v) is 6.61. The third-order valence-electron chi connectivity index (χ3n) is 6.30. The fourth-order valence-corrected chi connectivity index (χ4v) is 4.65. The number of ketones is 1. The zero-order valence-electron chi connectivity index (χ0n) is 20.2. The van der Waals surface area contributed by atoms with Crippen molar-refractivity contribution in [3.8, 4) is 0 Å². The van der Waals surface area contributed by atoms with Gasteiger partial charge in [0.05, 0.1) is 16.4 Å². The zero-order chi connectivity index (χ0) is 25.1. The van der Waals surface area contributed by atoms with E-state index in [0.717, 1.165) is 30.7 Å². The summed E-state index contributed by atoms with van der Waals surface area (Å²) in [6.07, 6.45) is 3.42. The SMILES string of the molecule is Cc1cc(C)n(C(C)C(=O)Nc2ccc(NC(=O)CCC(=O)c3ccc4c(c3)CCC4)cc2Cl)n1. The molecule has 0 radical (unpaired) electrons. The minimum atomic E-state index is -0.512. The monoisotopic (exact) mass is 492 g/mol. The average molecular weight is 493 g/mol. The van der Waals surface area contributed by atoms with Crippen LogP contribution in [0.5, 0.6) is 0 Å². The summed E-state index contributed by atoms with van der Waals surface area (Å²) < 4.78 is 1.66. The molecule has 0 saturated carbocycles. The van der Waals surface area contributed by atoms with Gasteiger partial charge in [0.1, 0.15) is 6.04 Å². The predicted octanol–water partition coefficient (Wildman–Crippen LogP) is 5.44. The number of anilines is 2. The largest absolute Gasteiger partial charge is 0.326 e. The van der Waals surface area contributed by atoms with E-state index >= 15 is 0 Å². The first-order valence-corrected chi connectivity index (χ1v) is 12.2. The molecule has 1 heterocycles. The minimum absolute atomic E-state index is 0.0392. The van der Waals surface area contributed by atoms with E-state index in [2.05, 4.69) is 15.7 Å². The predicted molar refractivity (Wildman–Crippen MR) is 137 cm³/mol. The lowest BCUT2D eigenvalue weighted by atomic mass is 10.0. The first-order valence-electron chi connectivity index (χ1n) is 11.8. The zero-order valence-corrected chi connectivity index (χ0v) is 20.9. The molecule has 0 bridgehead atoms. The first-order chi connectivity index (χ1) is 16.7. The molecule has 4 rings (SSSR count). The molecule has 182 valence electrons. The Labute approximate surface area is 209 Å². The fraction of sp³-hybridized carbons (Fsp3) is 0.333. The molecule has 2 aromatic carbocycles. The molecule has 0 spiro atoms. The lowest BCUT2D eigenvalue weighted by molar-refractivity contribution is -0.119. The number of hydrogen-bond donors (Lipinski definition) is 2. The van der Waals surface area contributed by atoms with Crippen LogP contribution in [0.15, 0.2) is 42.5 Å². The number of carbonyl (C=O) groups is 3. The molecular formula is C27H29ClN4O3. The summed E-state index contributed by atoms with van der Waals surface area (Å²) in [4.78, 5) is 37.6. The molecule has 2 N–H and O–H groups in total. The highest BCUT2D eigenvalue weighted by Gasteiger charge is 2.19. The molecule has 1 aliphatic carbocycles. The van der Waals surface area contributed by atoms with Crippen LogP contribution in [0.3, 0.4) is 0 Å². The molecule has 1 atom stereocenters. The van der Waals surface area contributed by atoms with Gasteiger partial charge in [0, 0.05) is 29.8 Å². The number of aryl methyl sites for hydroxylation is 4. The first kappa shape index (κ1) is 24.7. The second-order valence-electron chi connectivity index (χ2n) is 9.04. The van der Waals surface area contributed by atoms with Gasteiger partial charge in [0.2, 0.25) is 11.8 Å². The van der Waals surface area contributed by atoms with E-state index < -0.39 is 6.04 Å². The molecule has 0 fully saturated rings. The van der Waals surface area contributed by atoms with Gasteiger partial charge in [-0.1, -0.05) is 23.7 Å². The van der Waals surface area contributed by atoms with Gasteiger partial charge in [-0.05, 0) is 81.5 Å². The van der Waals surface area contributed by atoms with Crippen molar-refractivity contribution in [2.75, 3.05) is 10.6 Å². The number of nitrogens with one attached hydrogen (secondary N) is 2. The van der Waals surface area contributed by atoms with Crippen molar-refractivity contribution in [3.05, 3.63) is 75.6 Å². The smallest absolute Gasteiger partial charge is 0.248 e. The van der Waals surface area contributed by atoms with Crippen molar-refractivity contribution in [2.24, 2.45) is 0 Å². The van der Waals surface area contributed by atoms with E-state index in [-0.39, 0.29) is 30.4 Å². The van der Waals surface area contributed by atoms with Crippen molar-refractivity contribution in [1.82, 2.24) is 9.78 Å². The Morgan fingerprint density at radius 1 is 1.00 bits per heavy atom. The van der Waals surface area contributed by atoms with Gasteiger partial charge in [-0.2, -0.15) is 5.10 Å². The van der Waals surface area contributed by atoms with Crippen LogP contribution < -0.4 is 10.6 Å².